The fourth-order valence-corrected chi connectivity index (χ4v) is 3.20. The van der Waals surface area contributed by atoms with Crippen LogP contribution < -0.4 is 4.90 Å². The number of anilines is 1. The molecule has 1 unspecified atom stereocenters. The van der Waals surface area contributed by atoms with E-state index < -0.39 is 12.1 Å². The van der Waals surface area contributed by atoms with Gasteiger partial charge in [0.05, 0.1) is 11.6 Å². The number of halogens is 5. The highest BCUT2D eigenvalue weighted by Gasteiger charge is 2.42. The third-order valence-corrected chi connectivity index (χ3v) is 4.34. The minimum Gasteiger partial charge on any atom is -0.370 e. The van der Waals surface area contributed by atoms with Gasteiger partial charge in [0, 0.05) is 23.4 Å². The lowest BCUT2D eigenvalue weighted by atomic mass is 9.97. The molecule has 6 heteroatoms. The zero-order chi connectivity index (χ0) is 14.0. The number of hydrogen-bond donors (Lipinski definition) is 0. The van der Waals surface area contributed by atoms with Gasteiger partial charge in [0.1, 0.15) is 0 Å². The first-order valence-corrected chi connectivity index (χ1v) is 7.40. The van der Waals surface area contributed by atoms with E-state index in [1.54, 1.807) is 4.90 Å². The molecule has 1 heterocycles. The van der Waals surface area contributed by atoms with E-state index in [1.807, 2.05) is 18.2 Å². The average Bonchev–Trinajstić information content (AvgIpc) is 2.37. The summed E-state index contributed by atoms with van der Waals surface area (Å²) in [7, 11) is 0. The van der Waals surface area contributed by atoms with Crippen molar-refractivity contribution in [2.45, 2.75) is 24.9 Å². The summed E-state index contributed by atoms with van der Waals surface area (Å²) in [6.45, 7) is 0.688. The van der Waals surface area contributed by atoms with Gasteiger partial charge in [0.25, 0.3) is 0 Å². The summed E-state index contributed by atoms with van der Waals surface area (Å²) in [5, 5.41) is 0. The number of benzene rings is 1. The lowest BCUT2D eigenvalue weighted by Crippen LogP contribution is -2.41. The van der Waals surface area contributed by atoms with Gasteiger partial charge in [-0.1, -0.05) is 6.07 Å². The second-order valence-electron chi connectivity index (χ2n) is 4.75. The molecular formula is C13H14BrClF3N. The maximum atomic E-state index is 12.8. The molecule has 1 nitrogen and oxygen atoms in total. The van der Waals surface area contributed by atoms with Gasteiger partial charge >= 0.3 is 6.18 Å². The largest absolute Gasteiger partial charge is 0.393 e. The zero-order valence-electron chi connectivity index (χ0n) is 10.2. The molecule has 1 aliphatic rings. The molecule has 106 valence electrons. The normalized spacial score (nSPS) is 20.7. The van der Waals surface area contributed by atoms with E-state index >= 15 is 0 Å². The van der Waals surface area contributed by atoms with Gasteiger partial charge in [-0.05, 0) is 46.5 Å². The molecule has 0 bridgehead atoms. The molecule has 0 aromatic heterocycles. The predicted octanol–water partition coefficient (Wildman–Crippen LogP) is 4.97. The first-order valence-electron chi connectivity index (χ1n) is 6.08. The van der Waals surface area contributed by atoms with Crippen molar-refractivity contribution >= 4 is 33.2 Å². The Balaban J connectivity index is 2.17. The van der Waals surface area contributed by atoms with E-state index in [0.29, 0.717) is 18.8 Å². The molecule has 1 aromatic carbocycles. The molecular weight excluding hydrogens is 343 g/mol. The summed E-state index contributed by atoms with van der Waals surface area (Å²) in [5.74, 6) is -0.842. The summed E-state index contributed by atoms with van der Waals surface area (Å²) in [6.07, 6.45) is -3.33. The molecule has 0 aliphatic carbocycles. The van der Waals surface area contributed by atoms with E-state index in [0.717, 1.165) is 15.7 Å². The summed E-state index contributed by atoms with van der Waals surface area (Å²) in [6, 6.07) is 5.55. The lowest BCUT2D eigenvalue weighted by Gasteiger charge is -2.35. The number of piperidine rings is 1. The van der Waals surface area contributed by atoms with Crippen LogP contribution in [0, 0.1) is 5.92 Å². The first kappa shape index (κ1) is 15.0. The highest BCUT2D eigenvalue weighted by Crippen LogP contribution is 2.37. The number of nitrogens with zero attached hydrogens (tertiary/aromatic N) is 1. The Kier molecular flexibility index (Phi) is 4.66. The van der Waals surface area contributed by atoms with E-state index in [1.165, 1.54) is 0 Å². The Morgan fingerprint density at radius 2 is 2.11 bits per heavy atom. The fourth-order valence-electron chi connectivity index (χ4n) is 2.35. The van der Waals surface area contributed by atoms with Crippen molar-refractivity contribution in [1.82, 2.24) is 0 Å². The van der Waals surface area contributed by atoms with Crippen molar-refractivity contribution in [1.29, 1.82) is 0 Å². The van der Waals surface area contributed by atoms with Gasteiger partial charge in [0.15, 0.2) is 0 Å². The van der Waals surface area contributed by atoms with Crippen LogP contribution in [0.15, 0.2) is 22.7 Å². The highest BCUT2D eigenvalue weighted by molar-refractivity contribution is 9.10. The molecule has 1 fully saturated rings. The predicted molar refractivity (Wildman–Crippen MR) is 74.7 cm³/mol. The van der Waals surface area contributed by atoms with Crippen molar-refractivity contribution in [3.8, 4) is 0 Å². The van der Waals surface area contributed by atoms with E-state index in [-0.39, 0.29) is 13.0 Å². The zero-order valence-corrected chi connectivity index (χ0v) is 12.5. The van der Waals surface area contributed by atoms with Crippen LogP contribution >= 0.6 is 27.5 Å². The van der Waals surface area contributed by atoms with Gasteiger partial charge in [-0.2, -0.15) is 13.2 Å². The molecule has 0 saturated carbocycles. The van der Waals surface area contributed by atoms with Crippen LogP contribution in [-0.4, -0.2) is 19.3 Å². The monoisotopic (exact) mass is 355 g/mol. The third-order valence-electron chi connectivity index (χ3n) is 3.39. The van der Waals surface area contributed by atoms with Crippen LogP contribution in [-0.2, 0) is 5.88 Å². The van der Waals surface area contributed by atoms with Crippen molar-refractivity contribution < 1.29 is 13.2 Å². The van der Waals surface area contributed by atoms with Gasteiger partial charge in [0.2, 0.25) is 0 Å². The van der Waals surface area contributed by atoms with Gasteiger partial charge < -0.3 is 4.90 Å². The second-order valence-corrected chi connectivity index (χ2v) is 5.87. The van der Waals surface area contributed by atoms with Gasteiger partial charge in [-0.25, -0.2) is 0 Å². The van der Waals surface area contributed by atoms with E-state index in [9.17, 15) is 13.2 Å². The van der Waals surface area contributed by atoms with Crippen molar-refractivity contribution in [3.63, 3.8) is 0 Å². The highest BCUT2D eigenvalue weighted by atomic mass is 79.9. The standard InChI is InChI=1S/C13H14BrClF3N/c14-11-6-9(7-15)3-4-12(11)19-5-1-2-10(8-19)13(16,17)18/h3-4,6,10H,1-2,5,7-8H2. The van der Waals surface area contributed by atoms with Gasteiger partial charge in [-0.3, -0.25) is 0 Å². The molecule has 0 N–H and O–H groups in total. The van der Waals surface area contributed by atoms with Crippen molar-refractivity contribution in [3.05, 3.63) is 28.2 Å². The fraction of sp³-hybridized carbons (Fsp3) is 0.538. The molecule has 1 aliphatic heterocycles. The average molecular weight is 357 g/mol. The minimum absolute atomic E-state index is 0.0301. The third kappa shape index (κ3) is 3.57. The van der Waals surface area contributed by atoms with E-state index in [2.05, 4.69) is 15.9 Å². The molecule has 0 amide bonds. The number of alkyl halides is 4. The Bertz CT molecular complexity index is 450. The molecule has 2 rings (SSSR count). The molecule has 0 radical (unpaired) electrons. The lowest BCUT2D eigenvalue weighted by molar-refractivity contribution is -0.175. The first-order chi connectivity index (χ1) is 8.91. The number of rotatable bonds is 2. The van der Waals surface area contributed by atoms with Gasteiger partial charge in [-0.15, -0.1) is 11.6 Å². The quantitative estimate of drug-likeness (QED) is 0.677. The minimum atomic E-state index is -4.11. The summed E-state index contributed by atoms with van der Waals surface area (Å²) < 4.78 is 39.2. The van der Waals surface area contributed by atoms with Crippen LogP contribution in [0.5, 0.6) is 0 Å². The molecule has 1 saturated heterocycles. The summed E-state index contributed by atoms with van der Waals surface area (Å²) in [4.78, 5) is 1.80. The van der Waals surface area contributed by atoms with Crippen LogP contribution in [0.1, 0.15) is 18.4 Å². The Hall–Kier alpha value is -0.420. The Labute approximate surface area is 123 Å². The smallest absolute Gasteiger partial charge is 0.370 e. The Morgan fingerprint density at radius 1 is 1.37 bits per heavy atom. The molecule has 0 spiro atoms. The summed E-state index contributed by atoms with van der Waals surface area (Å²) >= 11 is 9.15. The molecule has 1 atom stereocenters. The van der Waals surface area contributed by atoms with E-state index in [4.69, 9.17) is 11.6 Å². The maximum Gasteiger partial charge on any atom is 0.393 e. The topological polar surface area (TPSA) is 3.24 Å². The maximum absolute atomic E-state index is 12.8. The Morgan fingerprint density at radius 3 is 2.68 bits per heavy atom. The van der Waals surface area contributed by atoms with Crippen LogP contribution in [0.25, 0.3) is 0 Å². The van der Waals surface area contributed by atoms with Crippen molar-refractivity contribution in [2.75, 3.05) is 18.0 Å². The number of hydrogen-bond acceptors (Lipinski definition) is 1. The van der Waals surface area contributed by atoms with Crippen molar-refractivity contribution in [2.24, 2.45) is 5.92 Å². The SMILES string of the molecule is FC(F)(F)C1CCCN(c2ccc(CCl)cc2Br)C1. The second kappa shape index (κ2) is 5.92. The van der Waals surface area contributed by atoms with Crippen LogP contribution in [0.3, 0.4) is 0 Å². The molecule has 1 aromatic rings. The van der Waals surface area contributed by atoms with Crippen LogP contribution in [0.2, 0.25) is 0 Å². The van der Waals surface area contributed by atoms with Crippen LogP contribution in [0.4, 0.5) is 18.9 Å². The summed E-state index contributed by atoms with van der Waals surface area (Å²) in [5.41, 5.74) is 1.75. The molecule has 19 heavy (non-hydrogen) atoms.